The molecule has 0 saturated heterocycles. The highest BCUT2D eigenvalue weighted by Crippen LogP contribution is 2.51. The molecule has 112 valence electrons. The van der Waals surface area contributed by atoms with Crippen molar-refractivity contribution in [3.8, 4) is 28.7 Å². The van der Waals surface area contributed by atoms with Crippen molar-refractivity contribution >= 4 is 11.6 Å². The van der Waals surface area contributed by atoms with Crippen LogP contribution in [0.5, 0.6) is 28.7 Å². The lowest BCUT2D eigenvalue weighted by Gasteiger charge is -2.17. The zero-order valence-electron chi connectivity index (χ0n) is 12.1. The number of amides is 1. The van der Waals surface area contributed by atoms with Gasteiger partial charge in [0.1, 0.15) is 11.3 Å². The topological polar surface area (TPSA) is 57.2 Å². The summed E-state index contributed by atoms with van der Waals surface area (Å²) in [6, 6.07) is 9.00. The number of carbonyl (C=O) groups excluding carboxylic acids is 1. The van der Waals surface area contributed by atoms with E-state index in [1.165, 1.54) is 12.0 Å². The number of ether oxygens (including phenoxy) is 4. The molecule has 0 atom stereocenters. The third-order valence-corrected chi connectivity index (χ3v) is 3.75. The average Bonchev–Trinajstić information content (AvgIpc) is 2.97. The Labute approximate surface area is 126 Å². The maximum atomic E-state index is 12.8. The minimum Gasteiger partial charge on any atom is -0.492 e. The van der Waals surface area contributed by atoms with E-state index < -0.39 is 0 Å². The predicted molar refractivity (Wildman–Crippen MR) is 78.4 cm³/mol. The molecule has 6 heteroatoms. The van der Waals surface area contributed by atoms with Crippen LogP contribution in [-0.4, -0.2) is 26.9 Å². The van der Waals surface area contributed by atoms with E-state index in [0.717, 1.165) is 0 Å². The van der Waals surface area contributed by atoms with Crippen molar-refractivity contribution in [3.63, 3.8) is 0 Å². The van der Waals surface area contributed by atoms with Crippen LogP contribution in [0.3, 0.4) is 0 Å². The quantitative estimate of drug-likeness (QED) is 0.810. The molecule has 0 N–H and O–H groups in total. The molecule has 0 saturated carbocycles. The van der Waals surface area contributed by atoms with Crippen LogP contribution in [0.15, 0.2) is 30.3 Å². The number of fused-ring (bicyclic) bond motifs is 3. The molecule has 2 aromatic rings. The summed E-state index contributed by atoms with van der Waals surface area (Å²) in [4.78, 5) is 14.4. The molecule has 0 fully saturated rings. The van der Waals surface area contributed by atoms with Crippen LogP contribution in [0, 0.1) is 0 Å². The van der Waals surface area contributed by atoms with E-state index in [1.54, 1.807) is 13.1 Å². The standard InChI is InChI=1S/C16H13NO5/c1-17-9-5-3-4-6-10(9)22-11-7-12-14(21-8-20-12)15(19-2)13(11)16(17)18/h3-7H,8H2,1-2H3. The van der Waals surface area contributed by atoms with Crippen molar-refractivity contribution in [3.05, 3.63) is 35.9 Å². The number of hydrogen-bond donors (Lipinski definition) is 0. The van der Waals surface area contributed by atoms with Crippen molar-refractivity contribution in [2.45, 2.75) is 0 Å². The van der Waals surface area contributed by atoms with Crippen molar-refractivity contribution in [1.29, 1.82) is 0 Å². The van der Waals surface area contributed by atoms with E-state index in [1.807, 2.05) is 24.3 Å². The monoisotopic (exact) mass is 299 g/mol. The van der Waals surface area contributed by atoms with Crippen LogP contribution in [-0.2, 0) is 0 Å². The summed E-state index contributed by atoms with van der Waals surface area (Å²) in [5.41, 5.74) is 1.01. The van der Waals surface area contributed by atoms with Crippen LogP contribution in [0.2, 0.25) is 0 Å². The molecule has 0 bridgehead atoms. The number of methoxy groups -OCH3 is 1. The van der Waals surface area contributed by atoms with Crippen molar-refractivity contribution in [2.24, 2.45) is 0 Å². The summed E-state index contributed by atoms with van der Waals surface area (Å²) < 4.78 is 22.1. The summed E-state index contributed by atoms with van der Waals surface area (Å²) in [6.45, 7) is 0.0925. The maximum absolute atomic E-state index is 12.8. The number of para-hydroxylation sites is 2. The molecule has 22 heavy (non-hydrogen) atoms. The zero-order valence-corrected chi connectivity index (χ0v) is 12.1. The Bertz CT molecular complexity index is 786. The number of rotatable bonds is 1. The summed E-state index contributed by atoms with van der Waals surface area (Å²) in [5, 5.41) is 0. The molecule has 4 rings (SSSR count). The van der Waals surface area contributed by atoms with Crippen molar-refractivity contribution < 1.29 is 23.7 Å². The summed E-state index contributed by atoms with van der Waals surface area (Å²) in [7, 11) is 3.19. The molecule has 1 amide bonds. The fourth-order valence-corrected chi connectivity index (χ4v) is 2.68. The molecular weight excluding hydrogens is 286 g/mol. The molecule has 0 radical (unpaired) electrons. The van der Waals surface area contributed by atoms with Gasteiger partial charge in [0, 0.05) is 13.1 Å². The molecular formula is C16H13NO5. The van der Waals surface area contributed by atoms with Crippen LogP contribution < -0.4 is 23.8 Å². The molecule has 0 unspecified atom stereocenters. The first-order valence-corrected chi connectivity index (χ1v) is 6.76. The molecule has 2 heterocycles. The van der Waals surface area contributed by atoms with E-state index in [4.69, 9.17) is 18.9 Å². The van der Waals surface area contributed by atoms with Gasteiger partial charge in [-0.25, -0.2) is 0 Å². The first kappa shape index (κ1) is 12.8. The highest BCUT2D eigenvalue weighted by Gasteiger charge is 2.34. The number of hydrogen-bond acceptors (Lipinski definition) is 5. The lowest BCUT2D eigenvalue weighted by Crippen LogP contribution is -2.25. The first-order chi connectivity index (χ1) is 10.7. The van der Waals surface area contributed by atoms with Crippen molar-refractivity contribution in [1.82, 2.24) is 0 Å². The Morgan fingerprint density at radius 2 is 1.95 bits per heavy atom. The van der Waals surface area contributed by atoms with Gasteiger partial charge in [-0.15, -0.1) is 0 Å². The number of benzene rings is 2. The van der Waals surface area contributed by atoms with E-state index in [-0.39, 0.29) is 12.7 Å². The normalized spacial score (nSPS) is 14.8. The number of carbonyl (C=O) groups is 1. The third-order valence-electron chi connectivity index (χ3n) is 3.75. The smallest absolute Gasteiger partial charge is 0.265 e. The van der Waals surface area contributed by atoms with Gasteiger partial charge in [-0.2, -0.15) is 0 Å². The Balaban J connectivity index is 1.99. The molecule has 0 aliphatic carbocycles. The van der Waals surface area contributed by atoms with Gasteiger partial charge in [0.15, 0.2) is 17.2 Å². The van der Waals surface area contributed by atoms with Gasteiger partial charge >= 0.3 is 0 Å². The molecule has 2 aliphatic heterocycles. The molecule has 2 aromatic carbocycles. The summed E-state index contributed by atoms with van der Waals surface area (Å²) in [6.07, 6.45) is 0. The Kier molecular flexibility index (Phi) is 2.66. The average molecular weight is 299 g/mol. The lowest BCUT2D eigenvalue weighted by atomic mass is 10.1. The molecule has 2 aliphatic rings. The minimum absolute atomic E-state index is 0.0925. The Hall–Kier alpha value is -2.89. The number of nitrogens with zero attached hydrogens (tertiary/aromatic N) is 1. The Morgan fingerprint density at radius 1 is 1.14 bits per heavy atom. The molecule has 6 nitrogen and oxygen atoms in total. The van der Waals surface area contributed by atoms with Crippen LogP contribution in [0.1, 0.15) is 10.4 Å². The van der Waals surface area contributed by atoms with Crippen LogP contribution in [0.4, 0.5) is 5.69 Å². The predicted octanol–water partition coefficient (Wildman–Crippen LogP) is 2.81. The Morgan fingerprint density at radius 3 is 2.77 bits per heavy atom. The first-order valence-electron chi connectivity index (χ1n) is 6.76. The summed E-state index contributed by atoms with van der Waals surface area (Å²) >= 11 is 0. The fourth-order valence-electron chi connectivity index (χ4n) is 2.68. The second-order valence-corrected chi connectivity index (χ2v) is 4.95. The van der Waals surface area contributed by atoms with Gasteiger partial charge in [0.25, 0.3) is 5.91 Å². The van der Waals surface area contributed by atoms with Gasteiger partial charge in [-0.05, 0) is 12.1 Å². The van der Waals surface area contributed by atoms with Crippen molar-refractivity contribution in [2.75, 3.05) is 25.9 Å². The van der Waals surface area contributed by atoms with Gasteiger partial charge in [0.2, 0.25) is 12.5 Å². The fraction of sp³-hybridized carbons (Fsp3) is 0.188. The lowest BCUT2D eigenvalue weighted by molar-refractivity contribution is 0.0989. The molecule has 0 aromatic heterocycles. The SMILES string of the molecule is COc1c2c(cc3c1C(=O)N(C)c1ccccc1O3)OCO2. The highest BCUT2D eigenvalue weighted by atomic mass is 16.7. The highest BCUT2D eigenvalue weighted by molar-refractivity contribution is 6.12. The second-order valence-electron chi connectivity index (χ2n) is 4.95. The van der Waals surface area contributed by atoms with E-state index in [2.05, 4.69) is 0 Å². The van der Waals surface area contributed by atoms with Gasteiger partial charge in [-0.3, -0.25) is 4.79 Å². The van der Waals surface area contributed by atoms with Crippen LogP contribution >= 0.6 is 0 Å². The van der Waals surface area contributed by atoms with Gasteiger partial charge < -0.3 is 23.8 Å². The zero-order chi connectivity index (χ0) is 15.3. The van der Waals surface area contributed by atoms with E-state index in [9.17, 15) is 4.79 Å². The minimum atomic E-state index is -0.227. The second kappa shape index (κ2) is 4.56. The van der Waals surface area contributed by atoms with Gasteiger partial charge in [-0.1, -0.05) is 12.1 Å². The third kappa shape index (κ3) is 1.64. The van der Waals surface area contributed by atoms with E-state index in [0.29, 0.717) is 40.0 Å². The van der Waals surface area contributed by atoms with Gasteiger partial charge in [0.05, 0.1) is 12.8 Å². The number of anilines is 1. The van der Waals surface area contributed by atoms with E-state index >= 15 is 0 Å². The van der Waals surface area contributed by atoms with Crippen LogP contribution in [0.25, 0.3) is 0 Å². The molecule has 0 spiro atoms. The maximum Gasteiger partial charge on any atom is 0.265 e. The largest absolute Gasteiger partial charge is 0.492 e. The summed E-state index contributed by atoms with van der Waals surface area (Å²) in [5.74, 6) is 2.02.